The monoisotopic (exact) mass is 1040 g/mol. The van der Waals surface area contributed by atoms with Crippen molar-refractivity contribution in [3.05, 3.63) is 303 Å². The molecule has 0 aliphatic carbocycles. The molecule has 0 aliphatic rings. The molecule has 0 amide bonds. The number of hydrogen-bond donors (Lipinski definition) is 0. The molecule has 3 aromatic heterocycles. The zero-order valence-electron chi connectivity index (χ0n) is 44.4. The first-order chi connectivity index (χ1) is 40.6. The van der Waals surface area contributed by atoms with E-state index in [0.717, 1.165) is 127 Å². The van der Waals surface area contributed by atoms with Crippen molar-refractivity contribution in [3.8, 4) is 101 Å². The van der Waals surface area contributed by atoms with Crippen LogP contribution in [0.5, 0.6) is 0 Å². The van der Waals surface area contributed by atoms with Gasteiger partial charge in [-0.25, -0.2) is 19.8 Å². The van der Waals surface area contributed by atoms with E-state index in [1.54, 1.807) is 0 Å². The first-order valence-electron chi connectivity index (χ1n) is 27.5. The van der Waals surface area contributed by atoms with E-state index >= 15 is 0 Å². The fraction of sp³-hybridized carbons (Fsp3) is 0. The van der Waals surface area contributed by atoms with Gasteiger partial charge >= 0.3 is 0 Å². The largest absolute Gasteiger partial charge is 0.319 e. The summed E-state index contributed by atoms with van der Waals surface area (Å²) >= 11 is 0. The van der Waals surface area contributed by atoms with Crippen LogP contribution in [-0.2, 0) is 0 Å². The molecule has 0 saturated heterocycles. The lowest BCUT2D eigenvalue weighted by atomic mass is 9.97. The first-order valence-corrected chi connectivity index (χ1v) is 27.5. The second-order valence-corrected chi connectivity index (χ2v) is 20.6. The highest BCUT2D eigenvalue weighted by molar-refractivity contribution is 6.14. The maximum atomic E-state index is 9.34. The van der Waals surface area contributed by atoms with Gasteiger partial charge in [0, 0.05) is 38.2 Å². The molecular weight excluding hydrogens is 997 g/mol. The van der Waals surface area contributed by atoms with E-state index in [4.69, 9.17) is 15.0 Å². The van der Waals surface area contributed by atoms with Crippen molar-refractivity contribution >= 4 is 49.3 Å². The Morgan fingerprint density at radius 3 is 0.915 bits per heavy atom. The van der Waals surface area contributed by atoms with Crippen LogP contribution in [-0.4, -0.2) is 24.1 Å². The summed E-state index contributed by atoms with van der Waals surface area (Å²) in [6, 6.07) is 102. The van der Waals surface area contributed by atoms with Gasteiger partial charge in [0.2, 0.25) is 5.69 Å². The third-order valence-corrected chi connectivity index (χ3v) is 15.8. The van der Waals surface area contributed by atoms with Gasteiger partial charge in [-0.05, 0) is 128 Å². The van der Waals surface area contributed by atoms with Gasteiger partial charge in [-0.15, -0.1) is 0 Å². The van der Waals surface area contributed by atoms with Gasteiger partial charge in [-0.3, -0.25) is 0 Å². The Balaban J connectivity index is 1.01. The zero-order chi connectivity index (χ0) is 54.5. The lowest BCUT2D eigenvalue weighted by Crippen LogP contribution is -2.02. The summed E-state index contributed by atoms with van der Waals surface area (Å²) in [4.78, 5) is 20.1. The molecule has 0 radical (unpaired) electrons. The molecular formula is C76H48N6. The number of nitrogens with zero attached hydrogens (tertiary/aromatic N) is 6. The second-order valence-electron chi connectivity index (χ2n) is 20.6. The third-order valence-electron chi connectivity index (χ3n) is 15.8. The highest BCUT2D eigenvalue weighted by Gasteiger charge is 2.24. The van der Waals surface area contributed by atoms with Crippen molar-refractivity contribution in [2.24, 2.45) is 0 Å². The number of para-hydroxylation sites is 1. The van der Waals surface area contributed by atoms with E-state index in [1.807, 2.05) is 60.7 Å². The Morgan fingerprint density at radius 2 is 0.561 bits per heavy atom. The van der Waals surface area contributed by atoms with Gasteiger partial charge in [0.15, 0.2) is 17.5 Å². The van der Waals surface area contributed by atoms with Crippen molar-refractivity contribution in [3.63, 3.8) is 0 Å². The van der Waals surface area contributed by atoms with Crippen LogP contribution in [0.1, 0.15) is 0 Å². The van der Waals surface area contributed by atoms with E-state index in [2.05, 4.69) is 245 Å². The fourth-order valence-corrected chi connectivity index (χ4v) is 11.9. The van der Waals surface area contributed by atoms with Crippen molar-refractivity contribution in [1.82, 2.24) is 24.1 Å². The lowest BCUT2D eigenvalue weighted by Gasteiger charge is -2.19. The van der Waals surface area contributed by atoms with Crippen LogP contribution in [0.15, 0.2) is 291 Å². The van der Waals surface area contributed by atoms with E-state index in [-0.39, 0.29) is 0 Å². The van der Waals surface area contributed by atoms with Crippen molar-refractivity contribution in [2.45, 2.75) is 0 Å². The average Bonchev–Trinajstić information content (AvgIpc) is 4.21. The summed E-state index contributed by atoms with van der Waals surface area (Å²) in [7, 11) is 0. The molecule has 0 fully saturated rings. The molecule has 6 heteroatoms. The predicted octanol–water partition coefficient (Wildman–Crippen LogP) is 20.0. The van der Waals surface area contributed by atoms with Crippen molar-refractivity contribution < 1.29 is 0 Å². The SMILES string of the molecule is [C-]#[N+]c1c(-c2cc(-c3nc(-c4ccccc4)nc(-c4ccccc4)n3)ccc2-n2c3ccc(-c4ccccc4)cc3c3cc(-c4ccccc4)ccc32)cccc1-n1c2ccc(-c3ccccc3)cc2c2cc(-c3ccccc3)ccc21. The Bertz CT molecular complexity index is 4700. The highest BCUT2D eigenvalue weighted by Crippen LogP contribution is 2.47. The summed E-state index contributed by atoms with van der Waals surface area (Å²) < 4.78 is 4.66. The van der Waals surface area contributed by atoms with Gasteiger partial charge in [0.1, 0.15) is 0 Å². The van der Waals surface area contributed by atoms with Gasteiger partial charge in [0.25, 0.3) is 0 Å². The number of aromatic nitrogens is 5. The molecule has 0 bridgehead atoms. The first kappa shape index (κ1) is 47.9. The number of hydrogen-bond acceptors (Lipinski definition) is 3. The van der Waals surface area contributed by atoms with Gasteiger partial charge in [-0.1, -0.05) is 218 Å². The van der Waals surface area contributed by atoms with E-state index < -0.39 is 0 Å². The summed E-state index contributed by atoms with van der Waals surface area (Å²) in [6.45, 7) is 9.34. The van der Waals surface area contributed by atoms with Crippen molar-refractivity contribution in [2.75, 3.05) is 0 Å². The van der Waals surface area contributed by atoms with Crippen LogP contribution < -0.4 is 0 Å². The molecule has 82 heavy (non-hydrogen) atoms. The minimum Gasteiger partial charge on any atom is -0.319 e. The molecule has 15 aromatic rings. The smallest absolute Gasteiger partial charge is 0.218 e. The normalized spacial score (nSPS) is 11.4. The summed E-state index contributed by atoms with van der Waals surface area (Å²) in [5.41, 5.74) is 19.6. The molecule has 0 aliphatic heterocycles. The predicted molar refractivity (Wildman–Crippen MR) is 338 cm³/mol. The molecule has 0 spiro atoms. The van der Waals surface area contributed by atoms with Gasteiger partial charge < -0.3 is 9.13 Å². The number of rotatable bonds is 10. The Kier molecular flexibility index (Phi) is 11.8. The van der Waals surface area contributed by atoms with E-state index in [0.29, 0.717) is 23.2 Å². The molecule has 6 nitrogen and oxygen atoms in total. The maximum Gasteiger partial charge on any atom is 0.218 e. The summed E-state index contributed by atoms with van der Waals surface area (Å²) in [5, 5.41) is 4.45. The van der Waals surface area contributed by atoms with Crippen molar-refractivity contribution in [1.29, 1.82) is 0 Å². The molecule has 0 unspecified atom stereocenters. The molecule has 3 heterocycles. The Hall–Kier alpha value is -11.3. The topological polar surface area (TPSA) is 52.9 Å². The van der Waals surface area contributed by atoms with Gasteiger partial charge in [0.05, 0.1) is 40.0 Å². The minimum atomic E-state index is 0.517. The van der Waals surface area contributed by atoms with E-state index in [1.165, 1.54) is 0 Å². The molecule has 0 saturated carbocycles. The van der Waals surface area contributed by atoms with Crippen LogP contribution >= 0.6 is 0 Å². The third kappa shape index (κ3) is 8.40. The van der Waals surface area contributed by atoms with Crippen LogP contribution in [0, 0.1) is 6.57 Å². The van der Waals surface area contributed by atoms with Gasteiger partial charge in [-0.2, -0.15) is 0 Å². The number of fused-ring (bicyclic) bond motifs is 6. The molecule has 15 rings (SSSR count). The number of benzene rings is 12. The van der Waals surface area contributed by atoms with Crippen LogP contribution in [0.3, 0.4) is 0 Å². The van der Waals surface area contributed by atoms with E-state index in [9.17, 15) is 6.57 Å². The summed E-state index contributed by atoms with van der Waals surface area (Å²) in [5.74, 6) is 1.66. The lowest BCUT2D eigenvalue weighted by molar-refractivity contribution is 1.07. The average molecular weight is 1050 g/mol. The second kappa shape index (κ2) is 20.2. The van der Waals surface area contributed by atoms with Crippen LogP contribution in [0.25, 0.3) is 150 Å². The zero-order valence-corrected chi connectivity index (χ0v) is 44.4. The molecule has 0 atom stereocenters. The minimum absolute atomic E-state index is 0.517. The standard InChI is InChI=1S/C76H48N6/c1-77-73-61(33-20-34-72(73)82-70-42-37-58(52-25-12-4-13-26-52)47-65(70)66-48-59(38-43-71(66)82)53-27-14-5-15-28-53)62-49-60(76-79-74(54-29-16-6-17-30-54)78-75(80-76)55-31-18-7-19-32-55)39-44-67(62)81-68-40-35-56(50-21-8-2-9-22-50)45-63(68)64-46-57(36-41-69(64)81)51-23-10-3-11-24-51/h2-49H. The van der Waals surface area contributed by atoms with Crippen LogP contribution in [0.4, 0.5) is 5.69 Å². The highest BCUT2D eigenvalue weighted by atomic mass is 15.0. The molecule has 382 valence electrons. The fourth-order valence-electron chi connectivity index (χ4n) is 11.9. The Labute approximate surface area is 474 Å². The quantitative estimate of drug-likeness (QED) is 0.128. The Morgan fingerprint density at radius 1 is 0.244 bits per heavy atom. The maximum absolute atomic E-state index is 9.34. The molecule has 0 N–H and O–H groups in total. The molecule has 12 aromatic carbocycles. The van der Waals surface area contributed by atoms with Crippen LogP contribution in [0.2, 0.25) is 0 Å². The summed E-state index contributed by atoms with van der Waals surface area (Å²) in [6.07, 6.45) is 0.